The van der Waals surface area contributed by atoms with Crippen LogP contribution in [0.2, 0.25) is 5.02 Å². The fourth-order valence-electron chi connectivity index (χ4n) is 5.64. The molecule has 3 aliphatic rings. The van der Waals surface area contributed by atoms with Gasteiger partial charge in [0, 0.05) is 24.2 Å². The number of para-hydroxylation sites is 1. The Kier molecular flexibility index (Phi) is 6.32. The molecule has 2 bridgehead atoms. The Hall–Kier alpha value is -2.90. The molecule has 3 unspecified atom stereocenters. The number of nitrogens with one attached hydrogen (secondary N) is 1. The summed E-state index contributed by atoms with van der Waals surface area (Å²) in [6, 6.07) is 12.5. The Morgan fingerprint density at radius 2 is 2.00 bits per heavy atom. The highest BCUT2D eigenvalue weighted by atomic mass is 35.5. The molecule has 1 aromatic heterocycles. The molecule has 0 radical (unpaired) electrons. The topological polar surface area (TPSA) is 45.2 Å². The number of aromatic nitrogens is 1. The monoisotopic (exact) mass is 499 g/mol. The molecule has 0 aliphatic carbocycles. The van der Waals surface area contributed by atoms with Gasteiger partial charge in [-0.25, -0.2) is 0 Å². The van der Waals surface area contributed by atoms with Gasteiger partial charge in [0.1, 0.15) is 0 Å². The van der Waals surface area contributed by atoms with Crippen LogP contribution in [0.25, 0.3) is 10.9 Å². The summed E-state index contributed by atoms with van der Waals surface area (Å²) in [6.45, 7) is 5.73. The van der Waals surface area contributed by atoms with Crippen LogP contribution in [0.5, 0.6) is 0 Å². The van der Waals surface area contributed by atoms with E-state index >= 15 is 0 Å². The molecule has 4 heterocycles. The molecule has 3 aliphatic heterocycles. The number of fused-ring (bicyclic) bond motifs is 4. The van der Waals surface area contributed by atoms with E-state index in [4.69, 9.17) is 11.6 Å². The zero-order valence-corrected chi connectivity index (χ0v) is 19.7. The fourth-order valence-corrected chi connectivity index (χ4v) is 5.96. The molecule has 6 rings (SSSR count). The average Bonchev–Trinajstić information content (AvgIpc) is 2.86. The lowest BCUT2D eigenvalue weighted by Gasteiger charge is -2.51. The van der Waals surface area contributed by atoms with Crippen molar-refractivity contribution < 1.29 is 18.0 Å². The first-order chi connectivity index (χ1) is 16.8. The van der Waals surface area contributed by atoms with Crippen LogP contribution in [-0.2, 0) is 6.18 Å². The van der Waals surface area contributed by atoms with Crippen LogP contribution in [0.1, 0.15) is 40.4 Å². The molecular weight excluding hydrogens is 475 g/mol. The summed E-state index contributed by atoms with van der Waals surface area (Å²) in [5.41, 5.74) is 0.470. The maximum absolute atomic E-state index is 13.4. The largest absolute Gasteiger partial charge is 0.417 e. The smallest absolute Gasteiger partial charge is 0.344 e. The molecule has 3 aromatic rings. The summed E-state index contributed by atoms with van der Waals surface area (Å²) >= 11 is 6.09. The molecule has 3 fully saturated rings. The molecule has 0 spiro atoms. The minimum atomic E-state index is -4.65. The summed E-state index contributed by atoms with van der Waals surface area (Å²) < 4.78 is 40.3. The van der Waals surface area contributed by atoms with E-state index in [1.54, 1.807) is 6.20 Å². The third kappa shape index (κ3) is 4.43. The maximum atomic E-state index is 13.4. The number of hydrogen-bond acceptors (Lipinski definition) is 3. The number of carbonyl (C=O) groups is 1. The number of carbonyl (C=O) groups excluding carboxylic acids is 1. The van der Waals surface area contributed by atoms with Gasteiger partial charge in [-0.15, -0.1) is 6.58 Å². The number of nitrogens with zero attached hydrogens (tertiary/aromatic N) is 2. The van der Waals surface area contributed by atoms with Gasteiger partial charge in [-0.1, -0.05) is 41.9 Å². The van der Waals surface area contributed by atoms with Gasteiger partial charge in [0.05, 0.1) is 27.7 Å². The fraction of sp³-hybridized carbons (Fsp3) is 0.333. The predicted octanol–water partition coefficient (Wildman–Crippen LogP) is 6.27. The van der Waals surface area contributed by atoms with E-state index in [1.807, 2.05) is 36.4 Å². The molecule has 3 saturated heterocycles. The lowest BCUT2D eigenvalue weighted by Crippen LogP contribution is -2.57. The molecule has 2 aromatic carbocycles. The van der Waals surface area contributed by atoms with E-state index in [2.05, 4.69) is 21.8 Å². The highest BCUT2D eigenvalue weighted by Crippen LogP contribution is 2.42. The van der Waals surface area contributed by atoms with Crippen LogP contribution >= 0.6 is 11.6 Å². The normalized spacial score (nSPS) is 24.8. The predicted molar refractivity (Wildman–Crippen MR) is 130 cm³/mol. The third-order valence-corrected chi connectivity index (χ3v) is 7.80. The molecule has 0 saturated carbocycles. The van der Waals surface area contributed by atoms with Crippen molar-refractivity contribution in [2.24, 2.45) is 11.8 Å². The van der Waals surface area contributed by atoms with Crippen LogP contribution in [-0.4, -0.2) is 34.9 Å². The average molecular weight is 500 g/mol. The summed E-state index contributed by atoms with van der Waals surface area (Å²) in [7, 11) is 0. The highest BCUT2D eigenvalue weighted by Gasteiger charge is 2.43. The van der Waals surface area contributed by atoms with Crippen molar-refractivity contribution in [1.82, 2.24) is 15.2 Å². The van der Waals surface area contributed by atoms with E-state index in [1.165, 1.54) is 12.1 Å². The first kappa shape index (κ1) is 23.8. The Morgan fingerprint density at radius 1 is 1.20 bits per heavy atom. The van der Waals surface area contributed by atoms with Gasteiger partial charge in [-0.05, 0) is 61.1 Å². The first-order valence-electron chi connectivity index (χ1n) is 11.6. The molecule has 182 valence electrons. The molecule has 4 nitrogen and oxygen atoms in total. The number of halogens is 4. The summed E-state index contributed by atoms with van der Waals surface area (Å²) in [4.78, 5) is 20.2. The van der Waals surface area contributed by atoms with E-state index in [0.29, 0.717) is 11.8 Å². The van der Waals surface area contributed by atoms with E-state index in [9.17, 15) is 18.0 Å². The van der Waals surface area contributed by atoms with Crippen molar-refractivity contribution in [1.29, 1.82) is 0 Å². The second-order valence-electron chi connectivity index (χ2n) is 9.28. The minimum Gasteiger partial charge on any atom is -0.344 e. The van der Waals surface area contributed by atoms with Crippen LogP contribution < -0.4 is 5.32 Å². The van der Waals surface area contributed by atoms with Gasteiger partial charge in [-0.2, -0.15) is 13.2 Å². The first-order valence-corrected chi connectivity index (χ1v) is 12.0. The second-order valence-corrected chi connectivity index (χ2v) is 9.66. The van der Waals surface area contributed by atoms with Gasteiger partial charge in [-0.3, -0.25) is 14.7 Å². The summed E-state index contributed by atoms with van der Waals surface area (Å²) in [5.74, 6) is 0.213. The van der Waals surface area contributed by atoms with Gasteiger partial charge < -0.3 is 5.32 Å². The molecule has 1 amide bonds. The Balaban J connectivity index is 1.55. The summed E-state index contributed by atoms with van der Waals surface area (Å²) in [5, 5.41) is 3.37. The number of amides is 1. The van der Waals surface area contributed by atoms with Crippen molar-refractivity contribution in [3.05, 3.63) is 89.1 Å². The molecule has 35 heavy (non-hydrogen) atoms. The van der Waals surface area contributed by atoms with Gasteiger partial charge in [0.15, 0.2) is 0 Å². The molecule has 5 atom stereocenters. The quantitative estimate of drug-likeness (QED) is 0.420. The third-order valence-electron chi connectivity index (χ3n) is 7.39. The zero-order chi connectivity index (χ0) is 24.7. The van der Waals surface area contributed by atoms with Gasteiger partial charge >= 0.3 is 6.18 Å². The van der Waals surface area contributed by atoms with Gasteiger partial charge in [0.25, 0.3) is 5.91 Å². The Labute approximate surface area is 206 Å². The Morgan fingerprint density at radius 3 is 2.71 bits per heavy atom. The van der Waals surface area contributed by atoms with Crippen LogP contribution in [0, 0.1) is 11.8 Å². The zero-order valence-electron chi connectivity index (χ0n) is 18.9. The van der Waals surface area contributed by atoms with Crippen molar-refractivity contribution in [3.63, 3.8) is 0 Å². The number of alkyl halides is 3. The van der Waals surface area contributed by atoms with Crippen LogP contribution in [0.4, 0.5) is 13.2 Å². The van der Waals surface area contributed by atoms with Crippen molar-refractivity contribution in [2.75, 3.05) is 13.1 Å². The maximum Gasteiger partial charge on any atom is 0.417 e. The lowest BCUT2D eigenvalue weighted by atomic mass is 9.73. The number of hydrogen-bond donors (Lipinski definition) is 1. The van der Waals surface area contributed by atoms with Crippen molar-refractivity contribution >= 4 is 28.4 Å². The lowest BCUT2D eigenvalue weighted by molar-refractivity contribution is -0.137. The number of piperidine rings is 3. The van der Waals surface area contributed by atoms with E-state index in [0.717, 1.165) is 48.5 Å². The van der Waals surface area contributed by atoms with Crippen LogP contribution in [0.3, 0.4) is 0 Å². The van der Waals surface area contributed by atoms with Crippen LogP contribution in [0.15, 0.2) is 67.4 Å². The summed E-state index contributed by atoms with van der Waals surface area (Å²) in [6.07, 6.45) is 0.975. The van der Waals surface area contributed by atoms with E-state index < -0.39 is 28.7 Å². The molecule has 8 heteroatoms. The van der Waals surface area contributed by atoms with E-state index in [-0.39, 0.29) is 11.6 Å². The molecule has 1 N–H and O–H groups in total. The standard InChI is InChI=1S/C27H25ClF3N3O/c1-2-16-15-34-13-11-17(16)14-23(34)25(19-10-12-32-22-9-4-3-6-18(19)22)33-26(35)20-7-5-8-21(24(20)28)27(29,30)31/h2-10,12,16-17,23,25H,1,11,13-15H2,(H,33,35)/t16?,17?,23-,25-/m0/s1. The second kappa shape index (κ2) is 9.28. The Bertz CT molecular complexity index is 1270. The minimum absolute atomic E-state index is 0.00993. The highest BCUT2D eigenvalue weighted by molar-refractivity contribution is 6.34. The molecular formula is C27H25ClF3N3O. The SMILES string of the molecule is C=CC1CN2CCC1C[C@H]2[C@@H](NC(=O)c1cccc(C(F)(F)F)c1Cl)c1ccnc2ccccc12. The number of pyridine rings is 1. The van der Waals surface area contributed by atoms with Gasteiger partial charge in [0.2, 0.25) is 0 Å². The number of rotatable bonds is 5. The number of benzene rings is 2. The van der Waals surface area contributed by atoms with Crippen molar-refractivity contribution in [3.8, 4) is 0 Å². The van der Waals surface area contributed by atoms with Crippen molar-refractivity contribution in [2.45, 2.75) is 31.1 Å².